The molecule has 3 aromatic heterocycles. The van der Waals surface area contributed by atoms with Gasteiger partial charge in [0.15, 0.2) is 0 Å². The number of aryl methyl sites for hydroxylation is 1. The van der Waals surface area contributed by atoms with Gasteiger partial charge in [0.2, 0.25) is 0 Å². The first-order valence-corrected chi connectivity index (χ1v) is 8.81. The number of aromatic nitrogens is 3. The zero-order valence-electron chi connectivity index (χ0n) is 15.2. The number of hydrogen-bond acceptors (Lipinski definition) is 5. The second-order valence-corrected chi connectivity index (χ2v) is 6.90. The van der Waals surface area contributed by atoms with Gasteiger partial charge in [-0.3, -0.25) is 14.9 Å². The van der Waals surface area contributed by atoms with Gasteiger partial charge in [-0.25, -0.2) is 9.37 Å². The summed E-state index contributed by atoms with van der Waals surface area (Å²) in [7, 11) is 1.76. The Bertz CT molecular complexity index is 1360. The van der Waals surface area contributed by atoms with E-state index in [0.717, 1.165) is 10.9 Å². The summed E-state index contributed by atoms with van der Waals surface area (Å²) in [6.07, 6.45) is 4.63. The lowest BCUT2D eigenvalue weighted by atomic mass is 10.0. The average molecular weight is 391 g/mol. The summed E-state index contributed by atoms with van der Waals surface area (Å²) in [5, 5.41) is 12.1. The first kappa shape index (κ1) is 17.1. The second-order valence-electron chi connectivity index (χ2n) is 6.90. The Morgan fingerprint density at radius 2 is 2.00 bits per heavy atom. The third kappa shape index (κ3) is 2.51. The Morgan fingerprint density at radius 1 is 1.24 bits per heavy atom. The van der Waals surface area contributed by atoms with Gasteiger partial charge in [0.25, 0.3) is 11.2 Å². The maximum Gasteiger partial charge on any atom is 0.288 e. The van der Waals surface area contributed by atoms with Crippen molar-refractivity contribution < 1.29 is 9.31 Å². The molecule has 0 unspecified atom stereocenters. The standard InChI is InChI=1S/C20H14FN5O3/c1-24-10-16-15-6-14(26(28)29)8-22-19(15)25(13-4-2-12(21)3-5-13)9-11-7-23-20(27)18(24)17(11)16/h2-8,10H,9H2,1H3,(H,23,27). The van der Waals surface area contributed by atoms with Crippen LogP contribution in [0.25, 0.3) is 22.0 Å². The lowest BCUT2D eigenvalue weighted by Gasteiger charge is -2.24. The van der Waals surface area contributed by atoms with Crippen LogP contribution in [0, 0.1) is 15.9 Å². The van der Waals surface area contributed by atoms with E-state index in [-0.39, 0.29) is 17.1 Å². The van der Waals surface area contributed by atoms with Crippen LogP contribution in [0.3, 0.4) is 0 Å². The maximum atomic E-state index is 13.5. The van der Waals surface area contributed by atoms with Crippen LogP contribution in [0.1, 0.15) is 5.56 Å². The van der Waals surface area contributed by atoms with E-state index in [0.29, 0.717) is 34.7 Å². The van der Waals surface area contributed by atoms with Crippen molar-refractivity contribution >= 4 is 28.1 Å². The summed E-state index contributed by atoms with van der Waals surface area (Å²) >= 11 is 0. The van der Waals surface area contributed by atoms with Gasteiger partial charge in [0.05, 0.1) is 11.5 Å². The molecule has 1 aromatic carbocycles. The zero-order chi connectivity index (χ0) is 20.3. The molecule has 1 aliphatic heterocycles. The number of benzene rings is 1. The predicted molar refractivity (Wildman–Crippen MR) is 106 cm³/mol. The molecule has 0 atom stereocenters. The fourth-order valence-corrected chi connectivity index (χ4v) is 3.89. The average Bonchev–Trinajstić information content (AvgIpc) is 3.00. The van der Waals surface area contributed by atoms with Crippen molar-refractivity contribution in [3.05, 3.63) is 80.8 Å². The van der Waals surface area contributed by atoms with Gasteiger partial charge in [0, 0.05) is 47.7 Å². The Labute approximate surface area is 163 Å². The number of anilines is 2. The van der Waals surface area contributed by atoms with Gasteiger partial charge >= 0.3 is 0 Å². The maximum absolute atomic E-state index is 13.5. The van der Waals surface area contributed by atoms with E-state index >= 15 is 0 Å². The van der Waals surface area contributed by atoms with Gasteiger partial charge in [0.1, 0.15) is 23.3 Å². The fraction of sp³-hybridized carbons (Fsp3) is 0.100. The van der Waals surface area contributed by atoms with Crippen LogP contribution >= 0.6 is 0 Å². The van der Waals surface area contributed by atoms with E-state index in [9.17, 15) is 19.3 Å². The van der Waals surface area contributed by atoms with Crippen LogP contribution in [-0.4, -0.2) is 19.5 Å². The minimum atomic E-state index is -0.501. The summed E-state index contributed by atoms with van der Waals surface area (Å²) in [6, 6.07) is 7.41. The molecule has 29 heavy (non-hydrogen) atoms. The number of H-pyrrole nitrogens is 1. The number of rotatable bonds is 2. The van der Waals surface area contributed by atoms with E-state index < -0.39 is 4.92 Å². The Hall–Kier alpha value is -4.01. The van der Waals surface area contributed by atoms with Gasteiger partial charge in [-0.15, -0.1) is 0 Å². The number of nitrogens with one attached hydrogen (secondary N) is 1. The lowest BCUT2D eigenvalue weighted by molar-refractivity contribution is -0.385. The van der Waals surface area contributed by atoms with E-state index in [1.54, 1.807) is 36.1 Å². The Balaban J connectivity index is 1.87. The van der Waals surface area contributed by atoms with Crippen molar-refractivity contribution in [1.29, 1.82) is 0 Å². The van der Waals surface area contributed by atoms with Crippen molar-refractivity contribution in [2.45, 2.75) is 6.54 Å². The highest BCUT2D eigenvalue weighted by Gasteiger charge is 2.28. The van der Waals surface area contributed by atoms with Crippen molar-refractivity contribution in [3.63, 3.8) is 0 Å². The predicted octanol–water partition coefficient (Wildman–Crippen LogP) is 3.63. The number of pyridine rings is 2. The molecule has 4 heterocycles. The molecule has 9 heteroatoms. The molecule has 0 spiro atoms. The Morgan fingerprint density at radius 3 is 2.72 bits per heavy atom. The minimum absolute atomic E-state index is 0.145. The largest absolute Gasteiger partial charge is 0.345 e. The highest BCUT2D eigenvalue weighted by Crippen LogP contribution is 2.43. The molecular weight excluding hydrogens is 377 g/mol. The van der Waals surface area contributed by atoms with Gasteiger partial charge < -0.3 is 14.5 Å². The van der Waals surface area contributed by atoms with Crippen LogP contribution in [0.2, 0.25) is 0 Å². The van der Waals surface area contributed by atoms with Crippen LogP contribution in [0.4, 0.5) is 21.6 Å². The SMILES string of the molecule is Cn1cc2c3c(c[nH]c(=O)c31)CN(c1ccc(F)cc1)c1ncc([N+](=O)[O-])cc1-2. The van der Waals surface area contributed by atoms with Crippen molar-refractivity contribution in [2.24, 2.45) is 7.05 Å². The molecule has 1 aliphatic rings. The third-order valence-electron chi connectivity index (χ3n) is 5.17. The van der Waals surface area contributed by atoms with Crippen LogP contribution in [0.5, 0.6) is 0 Å². The summed E-state index contributed by atoms with van der Waals surface area (Å²) in [5.41, 5.74) is 2.85. The number of fused-ring (bicyclic) bond motifs is 2. The highest BCUT2D eigenvalue weighted by atomic mass is 19.1. The summed E-state index contributed by atoms with van der Waals surface area (Å²) in [6.45, 7) is 0.355. The monoisotopic (exact) mass is 391 g/mol. The molecule has 4 aromatic rings. The molecular formula is C20H14FN5O3. The number of nitro groups is 1. The topological polar surface area (TPSA) is 97.1 Å². The first-order valence-electron chi connectivity index (χ1n) is 8.81. The Kier molecular flexibility index (Phi) is 3.54. The fourth-order valence-electron chi connectivity index (χ4n) is 3.89. The zero-order valence-corrected chi connectivity index (χ0v) is 15.2. The molecule has 0 bridgehead atoms. The van der Waals surface area contributed by atoms with Crippen LogP contribution in [-0.2, 0) is 13.6 Å². The quantitative estimate of drug-likeness (QED) is 0.416. The van der Waals surface area contributed by atoms with Crippen LogP contribution < -0.4 is 10.5 Å². The molecule has 0 fully saturated rings. The third-order valence-corrected chi connectivity index (χ3v) is 5.17. The van der Waals surface area contributed by atoms with Crippen LogP contribution in [0.15, 0.2) is 53.7 Å². The molecule has 5 rings (SSSR count). The molecule has 8 nitrogen and oxygen atoms in total. The van der Waals surface area contributed by atoms with Crippen molar-refractivity contribution in [3.8, 4) is 11.1 Å². The minimum Gasteiger partial charge on any atom is -0.345 e. The van der Waals surface area contributed by atoms with E-state index in [2.05, 4.69) is 9.97 Å². The summed E-state index contributed by atoms with van der Waals surface area (Å²) in [4.78, 5) is 32.3. The van der Waals surface area contributed by atoms with E-state index in [4.69, 9.17) is 0 Å². The molecule has 1 N–H and O–H groups in total. The number of nitrogens with zero attached hydrogens (tertiary/aromatic N) is 4. The van der Waals surface area contributed by atoms with Crippen molar-refractivity contribution in [2.75, 3.05) is 4.90 Å². The van der Waals surface area contributed by atoms with E-state index in [1.807, 2.05) is 4.90 Å². The molecule has 144 valence electrons. The second kappa shape index (κ2) is 5.99. The highest BCUT2D eigenvalue weighted by molar-refractivity contribution is 6.02. The lowest BCUT2D eigenvalue weighted by Crippen LogP contribution is -2.19. The molecule has 0 radical (unpaired) electrons. The number of halogens is 1. The van der Waals surface area contributed by atoms with Gasteiger partial charge in [-0.2, -0.15) is 0 Å². The van der Waals surface area contributed by atoms with Gasteiger partial charge in [-0.05, 0) is 29.8 Å². The molecule has 0 saturated carbocycles. The molecule has 0 amide bonds. The number of hydrogen-bond donors (Lipinski definition) is 1. The summed E-state index contributed by atoms with van der Waals surface area (Å²) < 4.78 is 15.2. The first-order chi connectivity index (χ1) is 13.9. The molecule has 0 aliphatic carbocycles. The smallest absolute Gasteiger partial charge is 0.288 e. The molecule has 0 saturated heterocycles. The number of aromatic amines is 1. The van der Waals surface area contributed by atoms with Gasteiger partial charge in [-0.1, -0.05) is 0 Å². The van der Waals surface area contributed by atoms with Crippen molar-refractivity contribution in [1.82, 2.24) is 14.5 Å². The normalized spacial score (nSPS) is 12.7. The van der Waals surface area contributed by atoms with E-state index in [1.165, 1.54) is 24.4 Å². The summed E-state index contributed by atoms with van der Waals surface area (Å²) in [5.74, 6) is 0.133.